The third-order valence-corrected chi connectivity index (χ3v) is 3.94. The van der Waals surface area contributed by atoms with E-state index < -0.39 is 11.8 Å². The smallest absolute Gasteiger partial charge is 0.310 e. The predicted octanol–water partition coefficient (Wildman–Crippen LogP) is 4.82. The van der Waals surface area contributed by atoms with Crippen molar-refractivity contribution < 1.29 is 18.3 Å². The number of hydrogen-bond acceptors (Lipinski definition) is 3. The van der Waals surface area contributed by atoms with Gasteiger partial charge in [-0.3, -0.25) is 4.79 Å². The van der Waals surface area contributed by atoms with E-state index in [1.807, 2.05) is 25.1 Å². The molecule has 0 aliphatic rings. The van der Waals surface area contributed by atoms with E-state index in [4.69, 9.17) is 20.8 Å². The fourth-order valence-electron chi connectivity index (χ4n) is 2.36. The van der Waals surface area contributed by atoms with E-state index in [0.717, 1.165) is 22.1 Å². The number of esters is 1. The first-order valence-electron chi connectivity index (χ1n) is 7.10. The Hall–Kier alpha value is -2.33. The van der Waals surface area contributed by atoms with Crippen molar-refractivity contribution in [3.05, 3.63) is 70.2 Å². The molecular weight excluding hydrogens is 319 g/mol. The molecular formula is C18H14ClFO3. The molecule has 5 heteroatoms. The second-order valence-corrected chi connectivity index (χ2v) is 5.71. The Morgan fingerprint density at radius 3 is 2.91 bits per heavy atom. The van der Waals surface area contributed by atoms with Crippen LogP contribution in [-0.4, -0.2) is 5.97 Å². The van der Waals surface area contributed by atoms with Crippen molar-refractivity contribution in [2.45, 2.75) is 20.0 Å². The number of halogens is 2. The van der Waals surface area contributed by atoms with Crippen LogP contribution in [0.2, 0.25) is 5.02 Å². The molecule has 0 bridgehead atoms. The molecule has 0 amide bonds. The number of ether oxygens (including phenoxy) is 1. The van der Waals surface area contributed by atoms with Crippen molar-refractivity contribution in [1.29, 1.82) is 0 Å². The Balaban J connectivity index is 1.69. The fraction of sp³-hybridized carbons (Fsp3) is 0.167. The van der Waals surface area contributed by atoms with Gasteiger partial charge < -0.3 is 9.15 Å². The van der Waals surface area contributed by atoms with Crippen LogP contribution in [-0.2, 0) is 22.6 Å². The van der Waals surface area contributed by atoms with E-state index in [2.05, 4.69) is 0 Å². The van der Waals surface area contributed by atoms with Gasteiger partial charge in [0.1, 0.15) is 18.0 Å². The molecule has 0 unspecified atom stereocenters. The molecule has 3 nitrogen and oxygen atoms in total. The molecule has 3 aromatic rings. The number of benzene rings is 2. The summed E-state index contributed by atoms with van der Waals surface area (Å²) in [6.45, 7) is 1.77. The van der Waals surface area contributed by atoms with Crippen molar-refractivity contribution in [2.24, 2.45) is 0 Å². The number of rotatable bonds is 4. The van der Waals surface area contributed by atoms with Gasteiger partial charge in [0.2, 0.25) is 0 Å². The van der Waals surface area contributed by atoms with Crippen LogP contribution in [0.4, 0.5) is 4.39 Å². The Bertz CT molecular complexity index is 850. The van der Waals surface area contributed by atoms with Gasteiger partial charge in [-0.2, -0.15) is 0 Å². The zero-order valence-corrected chi connectivity index (χ0v) is 13.2. The maximum absolute atomic E-state index is 13.6. The average molecular weight is 333 g/mol. The first-order valence-corrected chi connectivity index (χ1v) is 7.47. The van der Waals surface area contributed by atoms with Crippen LogP contribution in [0, 0.1) is 12.7 Å². The monoisotopic (exact) mass is 332 g/mol. The quantitative estimate of drug-likeness (QED) is 0.643. The van der Waals surface area contributed by atoms with Crippen molar-refractivity contribution in [3.8, 4) is 0 Å². The van der Waals surface area contributed by atoms with Gasteiger partial charge in [-0.05, 0) is 30.7 Å². The molecule has 0 saturated heterocycles. The highest BCUT2D eigenvalue weighted by molar-refractivity contribution is 6.31. The zero-order chi connectivity index (χ0) is 16.4. The summed E-state index contributed by atoms with van der Waals surface area (Å²) in [5.41, 5.74) is 2.72. The van der Waals surface area contributed by atoms with E-state index in [0.29, 0.717) is 0 Å². The molecule has 1 aromatic heterocycles. The number of carbonyl (C=O) groups excluding carboxylic acids is 1. The number of furan rings is 1. The van der Waals surface area contributed by atoms with Gasteiger partial charge in [0.15, 0.2) is 0 Å². The summed E-state index contributed by atoms with van der Waals surface area (Å²) in [5.74, 6) is -0.956. The summed E-state index contributed by atoms with van der Waals surface area (Å²) in [5, 5.41) is 1.11. The van der Waals surface area contributed by atoms with E-state index >= 15 is 0 Å². The summed E-state index contributed by atoms with van der Waals surface area (Å²) in [6, 6.07) is 10.1. The lowest BCUT2D eigenvalue weighted by Gasteiger charge is -2.07. The summed E-state index contributed by atoms with van der Waals surface area (Å²) in [7, 11) is 0. The minimum Gasteiger partial charge on any atom is -0.464 e. The first kappa shape index (κ1) is 15.6. The lowest BCUT2D eigenvalue weighted by Crippen LogP contribution is -2.08. The van der Waals surface area contributed by atoms with E-state index in [1.54, 1.807) is 12.3 Å². The molecule has 0 spiro atoms. The molecule has 0 aliphatic heterocycles. The largest absolute Gasteiger partial charge is 0.464 e. The molecule has 0 radical (unpaired) electrons. The lowest BCUT2D eigenvalue weighted by atomic mass is 10.1. The maximum atomic E-state index is 13.6. The van der Waals surface area contributed by atoms with Crippen LogP contribution in [0.25, 0.3) is 11.0 Å². The maximum Gasteiger partial charge on any atom is 0.310 e. The van der Waals surface area contributed by atoms with Gasteiger partial charge in [-0.25, -0.2) is 4.39 Å². The van der Waals surface area contributed by atoms with Gasteiger partial charge in [0, 0.05) is 16.5 Å². The topological polar surface area (TPSA) is 39.4 Å². The summed E-state index contributed by atoms with van der Waals surface area (Å²) < 4.78 is 24.2. The van der Waals surface area contributed by atoms with Gasteiger partial charge in [-0.1, -0.05) is 29.8 Å². The Labute approximate surface area is 137 Å². The lowest BCUT2D eigenvalue weighted by molar-refractivity contribution is -0.144. The number of carbonyl (C=O) groups is 1. The molecule has 0 aliphatic carbocycles. The molecule has 0 atom stereocenters. The van der Waals surface area contributed by atoms with Crippen LogP contribution in [0.1, 0.15) is 16.7 Å². The third-order valence-electron chi connectivity index (χ3n) is 3.59. The minimum atomic E-state index is -0.491. The second-order valence-electron chi connectivity index (χ2n) is 5.30. The number of aryl methyl sites for hydroxylation is 1. The van der Waals surface area contributed by atoms with Gasteiger partial charge in [-0.15, -0.1) is 0 Å². The molecule has 0 saturated carbocycles. The van der Waals surface area contributed by atoms with Crippen molar-refractivity contribution in [1.82, 2.24) is 0 Å². The minimum absolute atomic E-state index is 0.0577. The van der Waals surface area contributed by atoms with E-state index in [9.17, 15) is 9.18 Å². The summed E-state index contributed by atoms with van der Waals surface area (Å²) in [6.07, 6.45) is 1.60. The van der Waals surface area contributed by atoms with Crippen molar-refractivity contribution >= 4 is 28.5 Å². The third kappa shape index (κ3) is 3.37. The predicted molar refractivity (Wildman–Crippen MR) is 85.9 cm³/mol. The Morgan fingerprint density at radius 2 is 2.13 bits per heavy atom. The first-order chi connectivity index (χ1) is 11.0. The number of fused-ring (bicyclic) bond motifs is 1. The highest BCUT2D eigenvalue weighted by Gasteiger charge is 2.14. The van der Waals surface area contributed by atoms with Gasteiger partial charge in [0.05, 0.1) is 17.7 Å². The molecule has 23 heavy (non-hydrogen) atoms. The standard InChI is InChI=1S/C18H14ClFO3/c1-11-5-6-13-12(9-22-17(13)7-11)8-18(21)23-10-14-15(19)3-2-4-16(14)20/h2-7,9H,8,10H2,1H3. The molecule has 3 rings (SSSR count). The van der Waals surface area contributed by atoms with E-state index in [1.165, 1.54) is 12.1 Å². The second kappa shape index (κ2) is 6.42. The molecule has 0 N–H and O–H groups in total. The highest BCUT2D eigenvalue weighted by atomic mass is 35.5. The van der Waals surface area contributed by atoms with Gasteiger partial charge >= 0.3 is 5.97 Å². The average Bonchev–Trinajstić information content (AvgIpc) is 2.89. The highest BCUT2D eigenvalue weighted by Crippen LogP contribution is 2.24. The van der Waals surface area contributed by atoms with Crippen LogP contribution in [0.3, 0.4) is 0 Å². The zero-order valence-electron chi connectivity index (χ0n) is 12.4. The van der Waals surface area contributed by atoms with Crippen molar-refractivity contribution in [3.63, 3.8) is 0 Å². The summed E-state index contributed by atoms with van der Waals surface area (Å²) in [4.78, 5) is 12.0. The fourth-order valence-corrected chi connectivity index (χ4v) is 2.57. The Morgan fingerprint density at radius 1 is 1.30 bits per heavy atom. The molecule has 0 fully saturated rings. The number of hydrogen-bond donors (Lipinski definition) is 0. The van der Waals surface area contributed by atoms with Crippen molar-refractivity contribution in [2.75, 3.05) is 0 Å². The normalized spacial score (nSPS) is 10.9. The summed E-state index contributed by atoms with van der Waals surface area (Å²) >= 11 is 5.90. The van der Waals surface area contributed by atoms with Crippen LogP contribution in [0.5, 0.6) is 0 Å². The van der Waals surface area contributed by atoms with Gasteiger partial charge in [0.25, 0.3) is 0 Å². The van der Waals surface area contributed by atoms with Crippen LogP contribution >= 0.6 is 11.6 Å². The Kier molecular flexibility index (Phi) is 4.35. The van der Waals surface area contributed by atoms with E-state index in [-0.39, 0.29) is 23.6 Å². The molecule has 118 valence electrons. The SMILES string of the molecule is Cc1ccc2c(CC(=O)OCc3c(F)cccc3Cl)coc2c1. The van der Waals surface area contributed by atoms with Crippen LogP contribution < -0.4 is 0 Å². The molecule has 2 aromatic carbocycles. The van der Waals surface area contributed by atoms with Crippen LogP contribution in [0.15, 0.2) is 47.1 Å². The molecule has 1 heterocycles.